The number of imidazole rings is 1. The summed E-state index contributed by atoms with van der Waals surface area (Å²) in [4.78, 5) is 42.8. The van der Waals surface area contributed by atoms with E-state index in [4.69, 9.17) is 10.7 Å². The number of piperidine rings is 1. The Morgan fingerprint density at radius 3 is 2.51 bits per heavy atom. The fourth-order valence-electron chi connectivity index (χ4n) is 5.09. The van der Waals surface area contributed by atoms with Crippen LogP contribution < -0.4 is 11.1 Å². The highest BCUT2D eigenvalue weighted by Gasteiger charge is 2.32. The first-order valence-electron chi connectivity index (χ1n) is 14.7. The Bertz CT molecular complexity index is 1670. The number of nitrogens with two attached hydrogens (primary N) is 1. The van der Waals surface area contributed by atoms with Gasteiger partial charge in [-0.3, -0.25) is 14.0 Å². The Kier molecular flexibility index (Phi) is 10.6. The number of carbonyl (C=O) groups is 2. The van der Waals surface area contributed by atoms with Crippen LogP contribution in [0.15, 0.2) is 67.1 Å². The maximum Gasteiger partial charge on any atom is 0.416 e. The first-order chi connectivity index (χ1) is 21.5. The molecule has 1 saturated heterocycles. The van der Waals surface area contributed by atoms with Crippen molar-refractivity contribution in [1.82, 2.24) is 29.2 Å². The van der Waals surface area contributed by atoms with Crippen LogP contribution in [0.4, 0.5) is 24.8 Å². The molecular formula is C32H37F3N8O2. The van der Waals surface area contributed by atoms with Crippen LogP contribution in [0.3, 0.4) is 0 Å². The molecule has 0 radical (unpaired) electrons. The van der Waals surface area contributed by atoms with Crippen molar-refractivity contribution in [2.45, 2.75) is 45.3 Å². The van der Waals surface area contributed by atoms with Gasteiger partial charge in [0.25, 0.3) is 5.91 Å². The fraction of sp³-hybridized carbons (Fsp3) is 0.344. The van der Waals surface area contributed by atoms with Crippen molar-refractivity contribution in [2.75, 3.05) is 38.2 Å². The number of nitrogens with one attached hydrogen (secondary N) is 1. The molecule has 4 aromatic rings. The van der Waals surface area contributed by atoms with Gasteiger partial charge >= 0.3 is 6.18 Å². The Hall–Kier alpha value is -4.78. The number of anilines is 2. The highest BCUT2D eigenvalue weighted by atomic mass is 19.4. The number of nitrogen functional groups attached to an aromatic ring is 1. The van der Waals surface area contributed by atoms with Gasteiger partial charge in [0.1, 0.15) is 28.7 Å². The molecule has 10 nitrogen and oxygen atoms in total. The van der Waals surface area contributed by atoms with E-state index >= 15 is 0 Å². The van der Waals surface area contributed by atoms with Crippen LogP contribution in [0.2, 0.25) is 0 Å². The van der Waals surface area contributed by atoms with Crippen molar-refractivity contribution in [3.63, 3.8) is 0 Å². The van der Waals surface area contributed by atoms with Crippen LogP contribution in [0, 0.1) is 0 Å². The molecule has 4 heterocycles. The lowest BCUT2D eigenvalue weighted by atomic mass is 10.0. The zero-order valence-corrected chi connectivity index (χ0v) is 25.7. The summed E-state index contributed by atoms with van der Waals surface area (Å²) in [6.45, 7) is 5.25. The average molecular weight is 623 g/mol. The van der Waals surface area contributed by atoms with Crippen LogP contribution in [0.25, 0.3) is 16.8 Å². The number of hydrogen-bond acceptors (Lipinski definition) is 7. The summed E-state index contributed by atoms with van der Waals surface area (Å²) < 4.78 is 41.0. The smallest absolute Gasteiger partial charge is 0.382 e. The molecule has 13 heteroatoms. The number of hydrogen-bond donors (Lipinski definition) is 2. The molecule has 0 bridgehead atoms. The molecule has 0 aliphatic carbocycles. The zero-order valence-electron chi connectivity index (χ0n) is 25.7. The molecule has 1 atom stereocenters. The molecule has 1 unspecified atom stereocenters. The minimum absolute atomic E-state index is 0.0856. The van der Waals surface area contributed by atoms with Crippen LogP contribution in [-0.4, -0.2) is 68.2 Å². The van der Waals surface area contributed by atoms with Gasteiger partial charge in [-0.2, -0.15) is 13.2 Å². The molecule has 238 valence electrons. The average Bonchev–Trinajstić information content (AvgIpc) is 3.42. The third kappa shape index (κ3) is 7.66. The van der Waals surface area contributed by atoms with Crippen molar-refractivity contribution in [1.29, 1.82) is 0 Å². The molecule has 0 saturated carbocycles. The molecule has 2 amide bonds. The molecule has 1 aliphatic heterocycles. The summed E-state index contributed by atoms with van der Waals surface area (Å²) in [6.07, 6.45) is 5.78. The minimum Gasteiger partial charge on any atom is -0.382 e. The number of likely N-dealkylation sites (tertiary alicyclic amines) is 1. The molecular weight excluding hydrogens is 585 g/mol. The van der Waals surface area contributed by atoms with Crippen LogP contribution in [-0.2, 0) is 11.0 Å². The Morgan fingerprint density at radius 2 is 1.82 bits per heavy atom. The molecule has 1 aromatic carbocycles. The van der Waals surface area contributed by atoms with Gasteiger partial charge < -0.3 is 20.9 Å². The maximum absolute atomic E-state index is 13.2. The maximum atomic E-state index is 13.2. The summed E-state index contributed by atoms with van der Waals surface area (Å²) in [5, 5.41) is 2.41. The standard InChI is InChI=1S/C30H31F3N8O2.C2H6/c1-39(2)15-5-7-24(42)40-16-4-3-6-22(40)28-38-25(26-27(34)36-14-17-41(26)28)19-8-10-20(11-9-19)29(43)37-23-18-21(12-13-35-23)30(31,32)33;1-2/h5,7-14,17-18,22H,3-4,6,15-16H2,1-2H3,(H2,34,36)(H,35,37,43);1-2H3/b7-5+;. The van der Waals surface area contributed by atoms with Gasteiger partial charge in [0.05, 0.1) is 11.6 Å². The zero-order chi connectivity index (χ0) is 32.7. The van der Waals surface area contributed by atoms with E-state index < -0.39 is 17.6 Å². The Balaban J connectivity index is 0.00000226. The number of benzene rings is 1. The number of carbonyl (C=O) groups excluding carboxylic acids is 2. The predicted octanol–water partition coefficient (Wildman–Crippen LogP) is 5.84. The number of aromatic nitrogens is 4. The van der Waals surface area contributed by atoms with Crippen molar-refractivity contribution in [3.05, 3.63) is 84.1 Å². The lowest BCUT2D eigenvalue weighted by Gasteiger charge is -2.34. The Labute approximate surface area is 259 Å². The predicted molar refractivity (Wildman–Crippen MR) is 167 cm³/mol. The van der Waals surface area contributed by atoms with Crippen molar-refractivity contribution < 1.29 is 22.8 Å². The quantitative estimate of drug-likeness (QED) is 0.248. The lowest BCUT2D eigenvalue weighted by Crippen LogP contribution is -2.38. The summed E-state index contributed by atoms with van der Waals surface area (Å²) in [5.41, 5.74) is 7.37. The van der Waals surface area contributed by atoms with Gasteiger partial charge in [0.15, 0.2) is 0 Å². The normalized spacial score (nSPS) is 15.3. The van der Waals surface area contributed by atoms with Gasteiger partial charge in [-0.25, -0.2) is 15.0 Å². The van der Waals surface area contributed by atoms with Gasteiger partial charge in [-0.05, 0) is 57.6 Å². The van der Waals surface area contributed by atoms with E-state index in [0.717, 1.165) is 37.6 Å². The SMILES string of the molecule is CC.CN(C)C/C=C/C(=O)N1CCCCC1c1nc(-c2ccc(C(=O)Nc3cc(C(F)(F)F)ccn3)cc2)c2c(N)nccn12. The summed E-state index contributed by atoms with van der Waals surface area (Å²) in [5.74, 6) is 0.000566. The van der Waals surface area contributed by atoms with Crippen molar-refractivity contribution in [3.8, 4) is 11.3 Å². The lowest BCUT2D eigenvalue weighted by molar-refractivity contribution is -0.137. The van der Waals surface area contributed by atoms with E-state index in [1.807, 2.05) is 48.2 Å². The summed E-state index contributed by atoms with van der Waals surface area (Å²) >= 11 is 0. The third-order valence-electron chi connectivity index (χ3n) is 7.17. The molecule has 45 heavy (non-hydrogen) atoms. The van der Waals surface area contributed by atoms with Crippen LogP contribution in [0.1, 0.15) is 60.9 Å². The second-order valence-electron chi connectivity index (χ2n) is 10.5. The molecule has 5 rings (SSSR count). The number of nitrogens with zero attached hydrogens (tertiary/aromatic N) is 6. The van der Waals surface area contributed by atoms with E-state index in [0.29, 0.717) is 35.7 Å². The molecule has 3 aromatic heterocycles. The molecule has 1 aliphatic rings. The van der Waals surface area contributed by atoms with Crippen molar-refractivity contribution in [2.24, 2.45) is 0 Å². The van der Waals surface area contributed by atoms with Crippen LogP contribution in [0.5, 0.6) is 0 Å². The van der Waals surface area contributed by atoms with E-state index in [1.165, 1.54) is 0 Å². The molecule has 3 N–H and O–H groups in total. The van der Waals surface area contributed by atoms with E-state index in [-0.39, 0.29) is 29.1 Å². The van der Waals surface area contributed by atoms with Gasteiger partial charge in [0, 0.05) is 48.9 Å². The second-order valence-corrected chi connectivity index (χ2v) is 10.5. The number of halogens is 3. The fourth-order valence-corrected chi connectivity index (χ4v) is 5.09. The van der Waals surface area contributed by atoms with Crippen molar-refractivity contribution >= 4 is 29.0 Å². The number of fused-ring (bicyclic) bond motifs is 1. The largest absolute Gasteiger partial charge is 0.416 e. The number of rotatable bonds is 7. The number of likely N-dealkylation sites (N-methyl/N-ethyl adjacent to an activating group) is 1. The first-order valence-corrected chi connectivity index (χ1v) is 14.7. The minimum atomic E-state index is -4.56. The summed E-state index contributed by atoms with van der Waals surface area (Å²) in [6, 6.07) is 7.78. The highest BCUT2D eigenvalue weighted by molar-refractivity contribution is 6.04. The third-order valence-corrected chi connectivity index (χ3v) is 7.17. The number of alkyl halides is 3. The van der Waals surface area contributed by atoms with E-state index in [2.05, 4.69) is 15.3 Å². The van der Waals surface area contributed by atoms with Crippen LogP contribution >= 0.6 is 0 Å². The van der Waals surface area contributed by atoms with Gasteiger partial charge in [-0.15, -0.1) is 0 Å². The second kappa shape index (κ2) is 14.3. The van der Waals surface area contributed by atoms with Gasteiger partial charge in [0.2, 0.25) is 5.91 Å². The Morgan fingerprint density at radius 1 is 1.09 bits per heavy atom. The number of pyridine rings is 1. The number of amides is 2. The highest BCUT2D eigenvalue weighted by Crippen LogP contribution is 2.36. The summed E-state index contributed by atoms with van der Waals surface area (Å²) in [7, 11) is 3.86. The topological polar surface area (TPSA) is 122 Å². The first kappa shape index (κ1) is 33.1. The monoisotopic (exact) mass is 622 g/mol. The van der Waals surface area contributed by atoms with Gasteiger partial charge in [-0.1, -0.05) is 32.1 Å². The molecule has 0 spiro atoms. The van der Waals surface area contributed by atoms with E-state index in [9.17, 15) is 22.8 Å². The van der Waals surface area contributed by atoms with E-state index in [1.54, 1.807) is 42.7 Å². The molecule has 1 fully saturated rings.